The second-order valence-electron chi connectivity index (χ2n) is 3.81. The Balaban J connectivity index is 2.93. The summed E-state index contributed by atoms with van der Waals surface area (Å²) in [4.78, 5) is 0. The minimum Gasteiger partial charge on any atom is -0.496 e. The number of benzene rings is 1. The number of methoxy groups -OCH3 is 1. The highest BCUT2D eigenvalue weighted by Crippen LogP contribution is 2.33. The maximum absolute atomic E-state index is 8.75. The van der Waals surface area contributed by atoms with Crippen molar-refractivity contribution in [1.29, 1.82) is 0 Å². The highest BCUT2D eigenvalue weighted by Gasteiger charge is 2.15. The molecule has 1 unspecified atom stereocenters. The molecule has 0 aliphatic heterocycles. The van der Waals surface area contributed by atoms with E-state index < -0.39 is 0 Å². The SMILES string of the molecule is CNC(C)c1c(OC)cccc1OCCCO. The third-order valence-corrected chi connectivity index (χ3v) is 2.67. The topological polar surface area (TPSA) is 50.7 Å². The largest absolute Gasteiger partial charge is 0.496 e. The summed E-state index contributed by atoms with van der Waals surface area (Å²) in [5.74, 6) is 1.62. The van der Waals surface area contributed by atoms with Gasteiger partial charge in [-0.05, 0) is 26.1 Å². The van der Waals surface area contributed by atoms with Crippen LogP contribution in [0.2, 0.25) is 0 Å². The Morgan fingerprint density at radius 3 is 2.65 bits per heavy atom. The van der Waals surface area contributed by atoms with Crippen molar-refractivity contribution in [3.63, 3.8) is 0 Å². The zero-order valence-electron chi connectivity index (χ0n) is 10.7. The smallest absolute Gasteiger partial charge is 0.127 e. The lowest BCUT2D eigenvalue weighted by atomic mass is 10.1. The molecule has 4 nitrogen and oxygen atoms in total. The average molecular weight is 239 g/mol. The molecule has 0 aliphatic carbocycles. The Labute approximate surface area is 103 Å². The summed E-state index contributed by atoms with van der Waals surface area (Å²) < 4.78 is 11.0. The molecule has 4 heteroatoms. The van der Waals surface area contributed by atoms with E-state index in [4.69, 9.17) is 14.6 Å². The van der Waals surface area contributed by atoms with Gasteiger partial charge in [-0.3, -0.25) is 0 Å². The molecule has 0 saturated carbocycles. The van der Waals surface area contributed by atoms with Crippen LogP contribution in [0.3, 0.4) is 0 Å². The highest BCUT2D eigenvalue weighted by molar-refractivity contribution is 5.46. The summed E-state index contributed by atoms with van der Waals surface area (Å²) >= 11 is 0. The van der Waals surface area contributed by atoms with Crippen molar-refractivity contribution < 1.29 is 14.6 Å². The van der Waals surface area contributed by atoms with Crippen LogP contribution < -0.4 is 14.8 Å². The maximum Gasteiger partial charge on any atom is 0.127 e. The number of rotatable bonds is 7. The van der Waals surface area contributed by atoms with Gasteiger partial charge in [-0.15, -0.1) is 0 Å². The molecule has 0 bridgehead atoms. The van der Waals surface area contributed by atoms with E-state index in [1.807, 2.05) is 25.2 Å². The molecular formula is C13H21NO3. The number of hydrogen-bond donors (Lipinski definition) is 2. The first-order chi connectivity index (χ1) is 8.24. The first-order valence-electron chi connectivity index (χ1n) is 5.82. The van der Waals surface area contributed by atoms with Gasteiger partial charge in [0.05, 0.1) is 19.3 Å². The van der Waals surface area contributed by atoms with Gasteiger partial charge in [0.1, 0.15) is 11.5 Å². The Morgan fingerprint density at radius 1 is 1.35 bits per heavy atom. The molecule has 1 atom stereocenters. The molecule has 0 fully saturated rings. The first kappa shape index (κ1) is 13.8. The quantitative estimate of drug-likeness (QED) is 0.712. The van der Waals surface area contributed by atoms with E-state index >= 15 is 0 Å². The highest BCUT2D eigenvalue weighted by atomic mass is 16.5. The average Bonchev–Trinajstić information content (AvgIpc) is 2.37. The monoisotopic (exact) mass is 239 g/mol. The molecule has 0 amide bonds. The Morgan fingerprint density at radius 2 is 2.06 bits per heavy atom. The van der Waals surface area contributed by atoms with Crippen LogP contribution in [0.1, 0.15) is 24.9 Å². The third kappa shape index (κ3) is 3.61. The van der Waals surface area contributed by atoms with Gasteiger partial charge in [0, 0.05) is 19.1 Å². The van der Waals surface area contributed by atoms with Gasteiger partial charge in [0.25, 0.3) is 0 Å². The normalized spacial score (nSPS) is 12.2. The van der Waals surface area contributed by atoms with E-state index in [0.29, 0.717) is 13.0 Å². The minimum atomic E-state index is 0.140. The van der Waals surface area contributed by atoms with Crippen LogP contribution in [0.4, 0.5) is 0 Å². The second kappa shape index (κ2) is 7.14. The van der Waals surface area contributed by atoms with Gasteiger partial charge in [-0.25, -0.2) is 0 Å². The number of aliphatic hydroxyl groups excluding tert-OH is 1. The van der Waals surface area contributed by atoms with Gasteiger partial charge >= 0.3 is 0 Å². The molecule has 1 rings (SSSR count). The molecule has 96 valence electrons. The zero-order chi connectivity index (χ0) is 12.7. The molecule has 0 aliphatic rings. The van der Waals surface area contributed by atoms with Crippen LogP contribution in [0.5, 0.6) is 11.5 Å². The zero-order valence-corrected chi connectivity index (χ0v) is 10.7. The van der Waals surface area contributed by atoms with Crippen LogP contribution in [0.15, 0.2) is 18.2 Å². The lowest BCUT2D eigenvalue weighted by molar-refractivity contribution is 0.231. The van der Waals surface area contributed by atoms with Gasteiger partial charge in [-0.1, -0.05) is 6.07 Å². The van der Waals surface area contributed by atoms with Crippen molar-refractivity contribution >= 4 is 0 Å². The molecule has 1 aromatic carbocycles. The number of ether oxygens (including phenoxy) is 2. The molecule has 17 heavy (non-hydrogen) atoms. The Hall–Kier alpha value is -1.26. The fourth-order valence-corrected chi connectivity index (χ4v) is 1.65. The van der Waals surface area contributed by atoms with Gasteiger partial charge in [0.2, 0.25) is 0 Å². The van der Waals surface area contributed by atoms with Crippen molar-refractivity contribution in [3.8, 4) is 11.5 Å². The van der Waals surface area contributed by atoms with E-state index in [-0.39, 0.29) is 12.6 Å². The molecule has 0 saturated heterocycles. The summed E-state index contributed by atoms with van der Waals surface area (Å²) in [6.45, 7) is 2.70. The maximum atomic E-state index is 8.75. The van der Waals surface area contributed by atoms with E-state index in [1.54, 1.807) is 7.11 Å². The van der Waals surface area contributed by atoms with Crippen LogP contribution in [-0.2, 0) is 0 Å². The predicted molar refractivity (Wildman–Crippen MR) is 67.7 cm³/mol. The van der Waals surface area contributed by atoms with Crippen molar-refractivity contribution in [2.75, 3.05) is 27.4 Å². The van der Waals surface area contributed by atoms with E-state index in [1.165, 1.54) is 0 Å². The fraction of sp³-hybridized carbons (Fsp3) is 0.538. The predicted octanol–water partition coefficient (Wildman–Crippen LogP) is 1.74. The van der Waals surface area contributed by atoms with Gasteiger partial charge in [0.15, 0.2) is 0 Å². The van der Waals surface area contributed by atoms with Gasteiger partial charge < -0.3 is 19.9 Å². The molecule has 2 N–H and O–H groups in total. The minimum absolute atomic E-state index is 0.140. The molecule has 1 aromatic rings. The standard InChI is InChI=1S/C13H21NO3/c1-10(14-2)13-11(16-3)6-4-7-12(13)17-9-5-8-15/h4,6-7,10,14-15H,5,8-9H2,1-3H3. The fourth-order valence-electron chi connectivity index (χ4n) is 1.65. The summed E-state index contributed by atoms with van der Waals surface area (Å²) in [5, 5.41) is 11.9. The Bertz CT molecular complexity index is 341. The lowest BCUT2D eigenvalue weighted by Gasteiger charge is -2.19. The van der Waals surface area contributed by atoms with Crippen molar-refractivity contribution in [2.24, 2.45) is 0 Å². The van der Waals surface area contributed by atoms with Crippen LogP contribution in [0, 0.1) is 0 Å². The second-order valence-corrected chi connectivity index (χ2v) is 3.81. The summed E-state index contributed by atoms with van der Waals surface area (Å²) in [7, 11) is 3.55. The molecule has 0 spiro atoms. The molecular weight excluding hydrogens is 218 g/mol. The Kier molecular flexibility index (Phi) is 5.80. The van der Waals surface area contributed by atoms with Crippen molar-refractivity contribution in [2.45, 2.75) is 19.4 Å². The first-order valence-corrected chi connectivity index (χ1v) is 5.82. The van der Waals surface area contributed by atoms with E-state index in [0.717, 1.165) is 17.1 Å². The summed E-state index contributed by atoms with van der Waals surface area (Å²) in [6.07, 6.45) is 0.630. The number of aliphatic hydroxyl groups is 1. The van der Waals surface area contributed by atoms with Crippen molar-refractivity contribution in [1.82, 2.24) is 5.32 Å². The summed E-state index contributed by atoms with van der Waals surface area (Å²) in [5.41, 5.74) is 1.01. The summed E-state index contributed by atoms with van der Waals surface area (Å²) in [6, 6.07) is 5.89. The van der Waals surface area contributed by atoms with Gasteiger partial charge in [-0.2, -0.15) is 0 Å². The van der Waals surface area contributed by atoms with E-state index in [9.17, 15) is 0 Å². The third-order valence-electron chi connectivity index (χ3n) is 2.67. The lowest BCUT2D eigenvalue weighted by Crippen LogP contribution is -2.15. The number of hydrogen-bond acceptors (Lipinski definition) is 4. The molecule has 0 heterocycles. The molecule has 0 radical (unpaired) electrons. The van der Waals surface area contributed by atoms with Crippen LogP contribution >= 0.6 is 0 Å². The van der Waals surface area contributed by atoms with Crippen LogP contribution in [-0.4, -0.2) is 32.5 Å². The van der Waals surface area contributed by atoms with E-state index in [2.05, 4.69) is 12.2 Å². The molecule has 0 aromatic heterocycles. The van der Waals surface area contributed by atoms with Crippen LogP contribution in [0.25, 0.3) is 0 Å². The van der Waals surface area contributed by atoms with Crippen molar-refractivity contribution in [3.05, 3.63) is 23.8 Å². The number of nitrogens with one attached hydrogen (secondary N) is 1.